The average molecular weight is 249 g/mol. The van der Waals surface area contributed by atoms with Gasteiger partial charge in [0.2, 0.25) is 5.89 Å². The van der Waals surface area contributed by atoms with Crippen LogP contribution in [0.5, 0.6) is 0 Å². The molecule has 0 bridgehead atoms. The minimum Gasteiger partial charge on any atom is -0.339 e. The van der Waals surface area contributed by atoms with E-state index < -0.39 is 0 Å². The van der Waals surface area contributed by atoms with Crippen LogP contribution in [0.3, 0.4) is 0 Å². The maximum absolute atomic E-state index is 5.43. The number of aromatic nitrogens is 2. The Hall–Kier alpha value is -0.900. The predicted molar refractivity (Wildman–Crippen MR) is 69.4 cm³/mol. The molecule has 0 spiro atoms. The largest absolute Gasteiger partial charge is 0.339 e. The molecule has 2 aliphatic rings. The third-order valence-corrected chi connectivity index (χ3v) is 4.41. The summed E-state index contributed by atoms with van der Waals surface area (Å²) in [4.78, 5) is 4.61. The molecule has 0 radical (unpaired) electrons. The van der Waals surface area contributed by atoms with Gasteiger partial charge in [0, 0.05) is 18.4 Å². The SMILES string of the molecule is CNC(Cc1nc(C2CCCCC2)no1)C1CC1. The maximum atomic E-state index is 5.43. The monoisotopic (exact) mass is 249 g/mol. The Morgan fingerprint density at radius 1 is 1.22 bits per heavy atom. The molecule has 1 atom stereocenters. The molecule has 1 aromatic heterocycles. The summed E-state index contributed by atoms with van der Waals surface area (Å²) in [5.41, 5.74) is 0. The van der Waals surface area contributed by atoms with E-state index in [2.05, 4.69) is 15.5 Å². The lowest BCUT2D eigenvalue weighted by atomic mass is 9.89. The van der Waals surface area contributed by atoms with Gasteiger partial charge in [0.05, 0.1) is 0 Å². The Morgan fingerprint density at radius 3 is 2.67 bits per heavy atom. The molecule has 18 heavy (non-hydrogen) atoms. The van der Waals surface area contributed by atoms with Crippen molar-refractivity contribution in [1.82, 2.24) is 15.5 Å². The van der Waals surface area contributed by atoms with Crippen molar-refractivity contribution in [2.45, 2.75) is 63.3 Å². The van der Waals surface area contributed by atoms with Crippen LogP contribution in [0.2, 0.25) is 0 Å². The number of hydrogen-bond donors (Lipinski definition) is 1. The summed E-state index contributed by atoms with van der Waals surface area (Å²) in [5.74, 6) is 3.14. The van der Waals surface area contributed by atoms with Crippen LogP contribution in [-0.4, -0.2) is 23.2 Å². The van der Waals surface area contributed by atoms with Crippen molar-refractivity contribution in [2.75, 3.05) is 7.05 Å². The summed E-state index contributed by atoms with van der Waals surface area (Å²) >= 11 is 0. The average Bonchev–Trinajstić information content (AvgIpc) is 3.16. The second-order valence-corrected chi connectivity index (χ2v) is 5.82. The molecular weight excluding hydrogens is 226 g/mol. The highest BCUT2D eigenvalue weighted by atomic mass is 16.5. The molecule has 1 heterocycles. The van der Waals surface area contributed by atoms with Crippen LogP contribution in [0, 0.1) is 5.92 Å². The van der Waals surface area contributed by atoms with E-state index in [9.17, 15) is 0 Å². The molecule has 0 aromatic carbocycles. The highest BCUT2D eigenvalue weighted by molar-refractivity contribution is 4.99. The zero-order valence-corrected chi connectivity index (χ0v) is 11.2. The molecule has 2 fully saturated rings. The first-order valence-electron chi connectivity index (χ1n) is 7.36. The Kier molecular flexibility index (Phi) is 3.64. The van der Waals surface area contributed by atoms with Crippen molar-refractivity contribution in [3.63, 3.8) is 0 Å². The van der Waals surface area contributed by atoms with E-state index in [1.807, 2.05) is 7.05 Å². The number of nitrogens with one attached hydrogen (secondary N) is 1. The standard InChI is InChI=1S/C14H23N3O/c1-15-12(10-7-8-10)9-13-16-14(17-18-13)11-5-3-2-4-6-11/h10-12,15H,2-9H2,1H3. The van der Waals surface area contributed by atoms with Gasteiger partial charge >= 0.3 is 0 Å². The van der Waals surface area contributed by atoms with E-state index in [0.717, 1.165) is 24.1 Å². The van der Waals surface area contributed by atoms with Gasteiger partial charge in [-0.2, -0.15) is 4.98 Å². The predicted octanol–water partition coefficient (Wildman–Crippen LogP) is 2.66. The second kappa shape index (κ2) is 5.39. The van der Waals surface area contributed by atoms with Gasteiger partial charge in [-0.1, -0.05) is 24.4 Å². The molecule has 2 saturated carbocycles. The first-order valence-corrected chi connectivity index (χ1v) is 7.36. The molecule has 0 amide bonds. The van der Waals surface area contributed by atoms with E-state index in [1.54, 1.807) is 0 Å². The van der Waals surface area contributed by atoms with Crippen LogP contribution in [0.15, 0.2) is 4.52 Å². The highest BCUT2D eigenvalue weighted by Crippen LogP contribution is 2.34. The Morgan fingerprint density at radius 2 is 2.00 bits per heavy atom. The van der Waals surface area contributed by atoms with Crippen molar-refractivity contribution >= 4 is 0 Å². The summed E-state index contributed by atoms with van der Waals surface area (Å²) in [6.45, 7) is 0. The van der Waals surface area contributed by atoms with Crippen molar-refractivity contribution in [1.29, 1.82) is 0 Å². The molecule has 1 N–H and O–H groups in total. The number of likely N-dealkylation sites (N-methyl/N-ethyl adjacent to an activating group) is 1. The molecule has 1 aromatic rings. The quantitative estimate of drug-likeness (QED) is 0.871. The third kappa shape index (κ3) is 2.74. The van der Waals surface area contributed by atoms with E-state index in [-0.39, 0.29) is 0 Å². The van der Waals surface area contributed by atoms with Crippen LogP contribution in [-0.2, 0) is 6.42 Å². The fraction of sp³-hybridized carbons (Fsp3) is 0.857. The van der Waals surface area contributed by atoms with E-state index >= 15 is 0 Å². The van der Waals surface area contributed by atoms with E-state index in [1.165, 1.54) is 44.9 Å². The lowest BCUT2D eigenvalue weighted by Crippen LogP contribution is -2.29. The van der Waals surface area contributed by atoms with Gasteiger partial charge in [-0.05, 0) is 38.6 Å². The number of hydrogen-bond acceptors (Lipinski definition) is 4. The van der Waals surface area contributed by atoms with E-state index in [0.29, 0.717) is 12.0 Å². The van der Waals surface area contributed by atoms with Gasteiger partial charge < -0.3 is 9.84 Å². The molecule has 0 saturated heterocycles. The van der Waals surface area contributed by atoms with Gasteiger partial charge in [0.1, 0.15) is 0 Å². The van der Waals surface area contributed by atoms with Crippen LogP contribution in [0.1, 0.15) is 62.6 Å². The minimum absolute atomic E-state index is 0.518. The van der Waals surface area contributed by atoms with Crippen molar-refractivity contribution < 1.29 is 4.52 Å². The maximum Gasteiger partial charge on any atom is 0.228 e. The molecule has 1 unspecified atom stereocenters. The number of nitrogens with zero attached hydrogens (tertiary/aromatic N) is 2. The molecule has 2 aliphatic carbocycles. The van der Waals surface area contributed by atoms with Crippen molar-refractivity contribution in [3.8, 4) is 0 Å². The minimum atomic E-state index is 0.518. The smallest absolute Gasteiger partial charge is 0.228 e. The zero-order valence-electron chi connectivity index (χ0n) is 11.2. The van der Waals surface area contributed by atoms with Crippen LogP contribution < -0.4 is 5.32 Å². The lowest BCUT2D eigenvalue weighted by molar-refractivity contribution is 0.340. The summed E-state index contributed by atoms with van der Waals surface area (Å²) in [6, 6.07) is 0.518. The molecule has 100 valence electrons. The molecule has 0 aliphatic heterocycles. The fourth-order valence-electron chi connectivity index (χ4n) is 3.07. The summed E-state index contributed by atoms with van der Waals surface area (Å²) in [6.07, 6.45) is 10.0. The lowest BCUT2D eigenvalue weighted by Gasteiger charge is -2.17. The molecule has 3 rings (SSSR count). The Labute approximate surface area is 109 Å². The van der Waals surface area contributed by atoms with Crippen LogP contribution >= 0.6 is 0 Å². The van der Waals surface area contributed by atoms with E-state index in [4.69, 9.17) is 4.52 Å². The highest BCUT2D eigenvalue weighted by Gasteiger charge is 2.31. The summed E-state index contributed by atoms with van der Waals surface area (Å²) in [5, 5.41) is 7.57. The second-order valence-electron chi connectivity index (χ2n) is 5.82. The van der Waals surface area contributed by atoms with Gasteiger partial charge in [0.25, 0.3) is 0 Å². The number of rotatable bonds is 5. The molecule has 4 nitrogen and oxygen atoms in total. The third-order valence-electron chi connectivity index (χ3n) is 4.41. The summed E-state index contributed by atoms with van der Waals surface area (Å²) in [7, 11) is 2.03. The molecular formula is C14H23N3O. The Bertz CT molecular complexity index is 380. The topological polar surface area (TPSA) is 51.0 Å². The van der Waals surface area contributed by atoms with Gasteiger partial charge in [0.15, 0.2) is 5.82 Å². The van der Waals surface area contributed by atoms with Crippen molar-refractivity contribution in [3.05, 3.63) is 11.7 Å². The Balaban J connectivity index is 1.61. The van der Waals surface area contributed by atoms with Gasteiger partial charge in [-0.3, -0.25) is 0 Å². The zero-order chi connectivity index (χ0) is 12.4. The van der Waals surface area contributed by atoms with Crippen LogP contribution in [0.4, 0.5) is 0 Å². The normalized spacial score (nSPS) is 23.2. The summed E-state index contributed by atoms with van der Waals surface area (Å²) < 4.78 is 5.43. The van der Waals surface area contributed by atoms with Gasteiger partial charge in [-0.25, -0.2) is 0 Å². The van der Waals surface area contributed by atoms with Crippen LogP contribution in [0.25, 0.3) is 0 Å². The first kappa shape index (κ1) is 12.2. The molecule has 4 heteroatoms. The first-order chi connectivity index (χ1) is 8.86. The van der Waals surface area contributed by atoms with Crippen molar-refractivity contribution in [2.24, 2.45) is 5.92 Å². The fourth-order valence-corrected chi connectivity index (χ4v) is 3.07. The van der Waals surface area contributed by atoms with Gasteiger partial charge in [-0.15, -0.1) is 0 Å².